The third-order valence-corrected chi connectivity index (χ3v) is 1.45. The van der Waals surface area contributed by atoms with Crippen LogP contribution in [0.1, 0.15) is 17.4 Å². The summed E-state index contributed by atoms with van der Waals surface area (Å²) in [6.45, 7) is 1.78. The zero-order valence-electron chi connectivity index (χ0n) is 7.47. The van der Waals surface area contributed by atoms with Crippen LogP contribution in [0.2, 0.25) is 0 Å². The first-order valence-corrected chi connectivity index (χ1v) is 3.93. The Hall–Kier alpha value is -1.98. The molecule has 6 nitrogen and oxygen atoms in total. The molecule has 0 N–H and O–H groups in total. The summed E-state index contributed by atoms with van der Waals surface area (Å²) >= 11 is 0. The van der Waals surface area contributed by atoms with Crippen LogP contribution in [-0.4, -0.2) is 22.5 Å². The highest BCUT2D eigenvalue weighted by Crippen LogP contribution is 2.15. The normalized spacial score (nSPS) is 9.50. The third-order valence-electron chi connectivity index (χ3n) is 1.45. The lowest BCUT2D eigenvalue weighted by atomic mass is 10.3. The fourth-order valence-electron chi connectivity index (χ4n) is 0.901. The van der Waals surface area contributed by atoms with Crippen LogP contribution in [0, 0.1) is 10.1 Å². The van der Waals surface area contributed by atoms with Gasteiger partial charge < -0.3 is 4.74 Å². The number of carbonyl (C=O) groups is 1. The Bertz CT molecular complexity index is 364. The average Bonchev–Trinajstić information content (AvgIpc) is 2.18. The molecule has 0 amide bonds. The molecule has 0 saturated carbocycles. The summed E-state index contributed by atoms with van der Waals surface area (Å²) < 4.78 is 4.61. The van der Waals surface area contributed by atoms with E-state index in [0.717, 1.165) is 0 Å². The second-order valence-corrected chi connectivity index (χ2v) is 2.35. The van der Waals surface area contributed by atoms with Crippen molar-refractivity contribution < 1.29 is 14.5 Å². The van der Waals surface area contributed by atoms with Gasteiger partial charge >= 0.3 is 11.7 Å². The van der Waals surface area contributed by atoms with Crippen LogP contribution in [0.25, 0.3) is 0 Å². The van der Waals surface area contributed by atoms with Crippen molar-refractivity contribution in [2.45, 2.75) is 6.92 Å². The lowest BCUT2D eigenvalue weighted by Gasteiger charge is -2.00. The van der Waals surface area contributed by atoms with E-state index >= 15 is 0 Å². The van der Waals surface area contributed by atoms with Crippen molar-refractivity contribution in [1.29, 1.82) is 0 Å². The largest absolute Gasteiger partial charge is 0.461 e. The number of nitrogens with zero attached hydrogens (tertiary/aromatic N) is 2. The van der Waals surface area contributed by atoms with Gasteiger partial charge in [0.05, 0.1) is 11.5 Å². The smallest absolute Gasteiger partial charge is 0.364 e. The Morgan fingerprint density at radius 1 is 1.71 bits per heavy atom. The van der Waals surface area contributed by atoms with Gasteiger partial charge in [0.25, 0.3) is 0 Å². The minimum absolute atomic E-state index is 0.159. The maximum Gasteiger partial charge on any atom is 0.364 e. The third kappa shape index (κ3) is 2.03. The zero-order chi connectivity index (χ0) is 10.6. The van der Waals surface area contributed by atoms with Crippen molar-refractivity contribution >= 4 is 11.7 Å². The molecule has 0 bridgehead atoms. The predicted octanol–water partition coefficient (Wildman–Crippen LogP) is 1.17. The molecule has 6 heteroatoms. The average molecular weight is 196 g/mol. The molecular formula is C8H8N2O4. The van der Waals surface area contributed by atoms with E-state index in [0.29, 0.717) is 0 Å². The van der Waals surface area contributed by atoms with Crippen LogP contribution in [0.3, 0.4) is 0 Å². The van der Waals surface area contributed by atoms with E-state index in [2.05, 4.69) is 9.72 Å². The van der Waals surface area contributed by atoms with Gasteiger partial charge in [0.15, 0.2) is 0 Å². The number of ether oxygens (including phenoxy) is 1. The summed E-state index contributed by atoms with van der Waals surface area (Å²) in [6.07, 6.45) is 1.30. The van der Waals surface area contributed by atoms with Gasteiger partial charge in [-0.1, -0.05) is 0 Å². The highest BCUT2D eigenvalue weighted by molar-refractivity contribution is 5.91. The fraction of sp³-hybridized carbons (Fsp3) is 0.250. The first kappa shape index (κ1) is 10.1. The van der Waals surface area contributed by atoms with Gasteiger partial charge in [0.2, 0.25) is 5.69 Å². The highest BCUT2D eigenvalue weighted by atomic mass is 16.6. The van der Waals surface area contributed by atoms with E-state index in [4.69, 9.17) is 0 Å². The Morgan fingerprint density at radius 2 is 2.43 bits per heavy atom. The lowest BCUT2D eigenvalue weighted by Crippen LogP contribution is -2.09. The van der Waals surface area contributed by atoms with Crippen molar-refractivity contribution in [2.24, 2.45) is 0 Å². The van der Waals surface area contributed by atoms with Gasteiger partial charge in [0, 0.05) is 12.3 Å². The molecule has 0 radical (unpaired) electrons. The number of rotatable bonds is 3. The highest BCUT2D eigenvalue weighted by Gasteiger charge is 2.21. The van der Waals surface area contributed by atoms with Crippen molar-refractivity contribution in [3.63, 3.8) is 0 Å². The number of hydrogen-bond acceptors (Lipinski definition) is 5. The number of nitro groups is 1. The van der Waals surface area contributed by atoms with Crippen LogP contribution in [0.15, 0.2) is 18.3 Å². The van der Waals surface area contributed by atoms with E-state index in [1.54, 1.807) is 6.92 Å². The molecule has 0 aliphatic heterocycles. The Kier molecular flexibility index (Phi) is 3.11. The number of hydrogen-bond donors (Lipinski definition) is 0. The summed E-state index contributed by atoms with van der Waals surface area (Å²) in [5.74, 6) is -0.778. The van der Waals surface area contributed by atoms with Gasteiger partial charge in [-0.25, -0.2) is 9.78 Å². The van der Waals surface area contributed by atoms with Crippen molar-refractivity contribution in [3.05, 3.63) is 34.1 Å². The van der Waals surface area contributed by atoms with Crippen molar-refractivity contribution in [3.8, 4) is 0 Å². The van der Waals surface area contributed by atoms with E-state index in [9.17, 15) is 14.9 Å². The maximum atomic E-state index is 11.2. The summed E-state index contributed by atoms with van der Waals surface area (Å²) in [5.41, 5.74) is -0.606. The molecule has 1 heterocycles. The first-order chi connectivity index (χ1) is 6.66. The van der Waals surface area contributed by atoms with Gasteiger partial charge in [-0.15, -0.1) is 0 Å². The second-order valence-electron chi connectivity index (χ2n) is 2.35. The monoisotopic (exact) mass is 196 g/mol. The molecule has 0 aliphatic rings. The fourth-order valence-corrected chi connectivity index (χ4v) is 0.901. The molecule has 0 saturated heterocycles. The van der Waals surface area contributed by atoms with Crippen molar-refractivity contribution in [2.75, 3.05) is 6.61 Å². The van der Waals surface area contributed by atoms with E-state index in [-0.39, 0.29) is 18.0 Å². The van der Waals surface area contributed by atoms with E-state index in [1.807, 2.05) is 0 Å². The maximum absolute atomic E-state index is 11.2. The molecule has 0 fully saturated rings. The quantitative estimate of drug-likeness (QED) is 0.411. The second kappa shape index (κ2) is 4.31. The molecule has 74 valence electrons. The molecule has 0 spiro atoms. The van der Waals surface area contributed by atoms with Gasteiger partial charge in [-0.3, -0.25) is 10.1 Å². The van der Waals surface area contributed by atoms with E-state index in [1.165, 1.54) is 18.3 Å². The molecule has 0 aliphatic carbocycles. The number of pyridine rings is 1. The number of carbonyl (C=O) groups excluding carboxylic acids is 1. The van der Waals surface area contributed by atoms with Crippen LogP contribution < -0.4 is 0 Å². The van der Waals surface area contributed by atoms with Crippen LogP contribution in [0.5, 0.6) is 0 Å². The van der Waals surface area contributed by atoms with Crippen LogP contribution in [0.4, 0.5) is 5.69 Å². The minimum atomic E-state index is -0.778. The predicted molar refractivity (Wildman–Crippen MR) is 46.8 cm³/mol. The molecule has 14 heavy (non-hydrogen) atoms. The Balaban J connectivity index is 3.07. The van der Waals surface area contributed by atoms with Crippen LogP contribution in [-0.2, 0) is 4.74 Å². The number of aromatic nitrogens is 1. The summed E-state index contributed by atoms with van der Waals surface area (Å²) in [6, 6.07) is 2.60. The van der Waals surface area contributed by atoms with Crippen molar-refractivity contribution in [1.82, 2.24) is 4.98 Å². The summed E-state index contributed by atoms with van der Waals surface area (Å²) in [5, 5.41) is 10.5. The molecule has 0 aromatic carbocycles. The lowest BCUT2D eigenvalue weighted by molar-refractivity contribution is -0.385. The summed E-state index contributed by atoms with van der Waals surface area (Å²) in [7, 11) is 0. The number of esters is 1. The summed E-state index contributed by atoms with van der Waals surface area (Å²) in [4.78, 5) is 24.6. The SMILES string of the molecule is CCOC(=O)c1ncccc1[N+](=O)[O-]. The van der Waals surface area contributed by atoms with E-state index < -0.39 is 10.9 Å². The molecule has 1 aromatic rings. The minimum Gasteiger partial charge on any atom is -0.461 e. The molecular weight excluding hydrogens is 188 g/mol. The standard InChI is InChI=1S/C8H8N2O4/c1-2-14-8(11)7-6(10(12)13)4-3-5-9-7/h3-5H,2H2,1H3. The molecule has 1 rings (SSSR count). The van der Waals surface area contributed by atoms with Gasteiger partial charge in [0.1, 0.15) is 0 Å². The zero-order valence-corrected chi connectivity index (χ0v) is 7.47. The topological polar surface area (TPSA) is 82.3 Å². The first-order valence-electron chi connectivity index (χ1n) is 3.93. The van der Waals surface area contributed by atoms with Gasteiger partial charge in [-0.2, -0.15) is 0 Å². The van der Waals surface area contributed by atoms with Gasteiger partial charge in [-0.05, 0) is 13.0 Å². The molecule has 0 unspecified atom stereocenters. The van der Waals surface area contributed by atoms with Crippen LogP contribution >= 0.6 is 0 Å². The Labute approximate surface area is 79.7 Å². The molecule has 1 aromatic heterocycles. The molecule has 0 atom stereocenters. The Morgan fingerprint density at radius 3 is 3.00 bits per heavy atom.